The fourth-order valence-corrected chi connectivity index (χ4v) is 2.28. The molecular weight excluding hydrogens is 318 g/mol. The van der Waals surface area contributed by atoms with Crippen molar-refractivity contribution in [1.82, 2.24) is 25.4 Å². The largest absolute Gasteiger partial charge is 0.351 e. The highest BCUT2D eigenvalue weighted by Gasteiger charge is 2.09. The molecular formula is C18H19N5O2. The molecule has 1 amide bonds. The second kappa shape index (κ2) is 8.14. The Labute approximate surface area is 145 Å². The second-order valence-corrected chi connectivity index (χ2v) is 5.51. The summed E-state index contributed by atoms with van der Waals surface area (Å²) in [5, 5.41) is 6.76. The van der Waals surface area contributed by atoms with Crippen LogP contribution in [0, 0.1) is 0 Å². The lowest BCUT2D eigenvalue weighted by Gasteiger charge is -2.03. The molecule has 128 valence electrons. The molecule has 2 heterocycles. The number of hydrogen-bond donors (Lipinski definition) is 1. The van der Waals surface area contributed by atoms with Crippen LogP contribution in [0.5, 0.6) is 0 Å². The van der Waals surface area contributed by atoms with E-state index in [1.54, 1.807) is 0 Å². The van der Waals surface area contributed by atoms with Crippen LogP contribution < -0.4 is 5.32 Å². The van der Waals surface area contributed by atoms with E-state index in [-0.39, 0.29) is 5.91 Å². The van der Waals surface area contributed by atoms with E-state index in [1.165, 1.54) is 12.4 Å². The van der Waals surface area contributed by atoms with Crippen LogP contribution in [0.1, 0.15) is 40.4 Å². The minimum absolute atomic E-state index is 0.216. The number of aryl methyl sites for hydroxylation is 1. The fraction of sp³-hybridized carbons (Fsp3) is 0.278. The van der Waals surface area contributed by atoms with E-state index < -0.39 is 0 Å². The summed E-state index contributed by atoms with van der Waals surface area (Å²) in [6, 6.07) is 9.95. The Balaban J connectivity index is 1.48. The molecule has 0 unspecified atom stereocenters. The Morgan fingerprint density at radius 2 is 1.88 bits per heavy atom. The van der Waals surface area contributed by atoms with E-state index in [2.05, 4.69) is 25.4 Å². The molecule has 2 aromatic heterocycles. The van der Waals surface area contributed by atoms with E-state index in [9.17, 15) is 4.79 Å². The van der Waals surface area contributed by atoms with Crippen molar-refractivity contribution in [3.63, 3.8) is 0 Å². The van der Waals surface area contributed by atoms with Gasteiger partial charge in [-0.15, -0.1) is 0 Å². The number of hydrogen-bond acceptors (Lipinski definition) is 6. The van der Waals surface area contributed by atoms with Gasteiger partial charge in [-0.25, -0.2) is 9.97 Å². The van der Waals surface area contributed by atoms with Crippen LogP contribution in [0.25, 0.3) is 0 Å². The highest BCUT2D eigenvalue weighted by atomic mass is 16.5. The minimum atomic E-state index is -0.216. The summed E-state index contributed by atoms with van der Waals surface area (Å²) in [7, 11) is 0. The van der Waals surface area contributed by atoms with Crippen molar-refractivity contribution in [2.45, 2.75) is 26.2 Å². The molecule has 1 N–H and O–H groups in total. The van der Waals surface area contributed by atoms with Gasteiger partial charge in [0.1, 0.15) is 5.82 Å². The predicted octanol–water partition coefficient (Wildman–Crippen LogP) is 1.99. The summed E-state index contributed by atoms with van der Waals surface area (Å²) in [6.45, 7) is 2.37. The van der Waals surface area contributed by atoms with Crippen LogP contribution in [-0.4, -0.2) is 32.6 Å². The van der Waals surface area contributed by atoms with Gasteiger partial charge in [-0.2, -0.15) is 4.98 Å². The first-order valence-corrected chi connectivity index (χ1v) is 8.19. The Kier molecular flexibility index (Phi) is 5.46. The molecule has 7 heteroatoms. The Morgan fingerprint density at radius 3 is 2.60 bits per heavy atom. The molecule has 0 aliphatic heterocycles. The fourth-order valence-electron chi connectivity index (χ4n) is 2.28. The van der Waals surface area contributed by atoms with Crippen LogP contribution in [0.2, 0.25) is 0 Å². The molecule has 0 bridgehead atoms. The highest BCUT2D eigenvalue weighted by molar-refractivity contribution is 5.93. The van der Waals surface area contributed by atoms with Gasteiger partial charge in [0.15, 0.2) is 5.82 Å². The number of amides is 1. The van der Waals surface area contributed by atoms with E-state index >= 15 is 0 Å². The summed E-state index contributed by atoms with van der Waals surface area (Å²) >= 11 is 0. The van der Waals surface area contributed by atoms with E-state index in [4.69, 9.17) is 4.52 Å². The number of carbonyl (C=O) groups excluding carboxylic acids is 1. The quantitative estimate of drug-likeness (QED) is 0.708. The lowest BCUT2D eigenvalue weighted by atomic mass is 10.1. The maximum absolute atomic E-state index is 12.0. The molecule has 1 aromatic carbocycles. The molecule has 0 saturated heterocycles. The number of aromatic nitrogens is 4. The number of carbonyl (C=O) groups is 1. The van der Waals surface area contributed by atoms with Crippen molar-refractivity contribution >= 4 is 5.91 Å². The minimum Gasteiger partial charge on any atom is -0.351 e. The molecule has 0 spiro atoms. The SMILES string of the molecule is CCc1ncc(C(=O)NCCc2nc(Cc3ccccc3)no2)cn1. The third kappa shape index (κ3) is 4.69. The van der Waals surface area contributed by atoms with Crippen molar-refractivity contribution in [2.24, 2.45) is 0 Å². The van der Waals surface area contributed by atoms with Gasteiger partial charge in [0.25, 0.3) is 5.91 Å². The molecule has 3 aromatic rings. The van der Waals surface area contributed by atoms with Gasteiger partial charge in [0.05, 0.1) is 5.56 Å². The summed E-state index contributed by atoms with van der Waals surface area (Å²) in [5.74, 6) is 1.64. The van der Waals surface area contributed by atoms with Gasteiger partial charge < -0.3 is 9.84 Å². The third-order valence-corrected chi connectivity index (χ3v) is 3.62. The summed E-state index contributed by atoms with van der Waals surface area (Å²) in [6.07, 6.45) is 4.90. The van der Waals surface area contributed by atoms with Crippen molar-refractivity contribution < 1.29 is 9.32 Å². The monoisotopic (exact) mass is 337 g/mol. The van der Waals surface area contributed by atoms with Crippen LogP contribution in [0.4, 0.5) is 0 Å². The zero-order valence-electron chi connectivity index (χ0n) is 14.0. The molecule has 3 rings (SSSR count). The van der Waals surface area contributed by atoms with Gasteiger partial charge in [-0.1, -0.05) is 42.4 Å². The first kappa shape index (κ1) is 16.8. The first-order chi connectivity index (χ1) is 12.2. The number of nitrogens with zero attached hydrogens (tertiary/aromatic N) is 4. The number of benzene rings is 1. The van der Waals surface area contributed by atoms with Crippen LogP contribution >= 0.6 is 0 Å². The van der Waals surface area contributed by atoms with E-state index in [0.29, 0.717) is 42.5 Å². The van der Waals surface area contributed by atoms with Gasteiger partial charge in [-0.3, -0.25) is 4.79 Å². The Hall–Kier alpha value is -3.09. The zero-order chi connectivity index (χ0) is 17.5. The maximum Gasteiger partial charge on any atom is 0.254 e. The lowest BCUT2D eigenvalue weighted by Crippen LogP contribution is -2.26. The molecule has 7 nitrogen and oxygen atoms in total. The summed E-state index contributed by atoms with van der Waals surface area (Å²) in [4.78, 5) is 24.6. The summed E-state index contributed by atoms with van der Waals surface area (Å²) < 4.78 is 5.22. The van der Waals surface area contributed by atoms with Gasteiger partial charge in [0.2, 0.25) is 5.89 Å². The molecule has 0 radical (unpaired) electrons. The average Bonchev–Trinajstić information content (AvgIpc) is 3.10. The van der Waals surface area contributed by atoms with Crippen molar-refractivity contribution in [3.05, 3.63) is 71.4 Å². The van der Waals surface area contributed by atoms with Crippen LogP contribution in [0.15, 0.2) is 47.2 Å². The van der Waals surface area contributed by atoms with Crippen LogP contribution in [0.3, 0.4) is 0 Å². The molecule has 0 aliphatic rings. The molecule has 25 heavy (non-hydrogen) atoms. The van der Waals surface area contributed by atoms with Gasteiger partial charge in [-0.05, 0) is 5.56 Å². The van der Waals surface area contributed by atoms with Crippen molar-refractivity contribution in [3.8, 4) is 0 Å². The second-order valence-electron chi connectivity index (χ2n) is 5.51. The molecule has 0 saturated carbocycles. The number of rotatable bonds is 7. The van der Waals surface area contributed by atoms with Crippen molar-refractivity contribution in [1.29, 1.82) is 0 Å². The summed E-state index contributed by atoms with van der Waals surface area (Å²) in [5.41, 5.74) is 1.56. The predicted molar refractivity (Wildman–Crippen MR) is 91.0 cm³/mol. The first-order valence-electron chi connectivity index (χ1n) is 8.19. The van der Waals surface area contributed by atoms with Gasteiger partial charge in [0, 0.05) is 38.2 Å². The van der Waals surface area contributed by atoms with E-state index in [1.807, 2.05) is 37.3 Å². The Bertz CT molecular complexity index is 815. The van der Waals surface area contributed by atoms with Crippen molar-refractivity contribution in [2.75, 3.05) is 6.54 Å². The maximum atomic E-state index is 12.0. The third-order valence-electron chi connectivity index (χ3n) is 3.62. The normalized spacial score (nSPS) is 10.6. The molecule has 0 aliphatic carbocycles. The topological polar surface area (TPSA) is 93.8 Å². The highest BCUT2D eigenvalue weighted by Crippen LogP contribution is 2.06. The molecule has 0 atom stereocenters. The van der Waals surface area contributed by atoms with E-state index in [0.717, 1.165) is 12.0 Å². The zero-order valence-corrected chi connectivity index (χ0v) is 14.0. The van der Waals surface area contributed by atoms with Crippen LogP contribution in [-0.2, 0) is 19.3 Å². The smallest absolute Gasteiger partial charge is 0.254 e. The van der Waals surface area contributed by atoms with Gasteiger partial charge >= 0.3 is 0 Å². The lowest BCUT2D eigenvalue weighted by molar-refractivity contribution is 0.0952. The molecule has 0 fully saturated rings. The average molecular weight is 337 g/mol. The number of nitrogens with one attached hydrogen (secondary N) is 1. The Morgan fingerprint density at radius 1 is 1.12 bits per heavy atom. The standard InChI is InChI=1S/C18H19N5O2/c1-2-15-20-11-14(12-21-15)18(24)19-9-8-17-22-16(23-25-17)10-13-6-4-3-5-7-13/h3-7,11-12H,2,8-10H2,1H3,(H,19,24).